The zero-order valence-electron chi connectivity index (χ0n) is 6.62. The van der Waals surface area contributed by atoms with Crippen molar-refractivity contribution in [2.75, 3.05) is 0 Å². The first-order valence-electron chi connectivity index (χ1n) is 3.55. The largest absolute Gasteiger partial charge is 0.309 e. The highest BCUT2D eigenvalue weighted by atomic mass is 19.3. The van der Waals surface area contributed by atoms with E-state index < -0.39 is 37.5 Å². The molecule has 2 atom stereocenters. The van der Waals surface area contributed by atoms with Crippen LogP contribution in [0.15, 0.2) is 0 Å². The zero-order valence-corrected chi connectivity index (χ0v) is 6.62. The number of alkyl halides is 6. The molecule has 13 heavy (non-hydrogen) atoms. The third-order valence-corrected chi connectivity index (χ3v) is 1.47. The molecule has 1 unspecified atom stereocenters. The lowest BCUT2D eigenvalue weighted by molar-refractivity contribution is -0.137. The lowest BCUT2D eigenvalue weighted by Crippen LogP contribution is -2.40. The Bertz CT molecular complexity index is 146. The second kappa shape index (κ2) is 4.72. The molecule has 0 aromatic rings. The van der Waals surface area contributed by atoms with Gasteiger partial charge in [-0.2, -0.15) is 0 Å². The van der Waals surface area contributed by atoms with E-state index in [-0.39, 0.29) is 0 Å². The highest BCUT2D eigenvalue weighted by Gasteiger charge is 2.48. The maximum atomic E-state index is 12.4. The summed E-state index contributed by atoms with van der Waals surface area (Å²) in [6.07, 6.45) is -11.7. The van der Waals surface area contributed by atoms with Gasteiger partial charge in [-0.3, -0.25) is 0 Å². The molecule has 0 fully saturated rings. The molecular formula is C7H9F6. The third kappa shape index (κ3) is 3.44. The molecule has 0 amide bonds. The molecule has 0 aromatic heterocycles. The summed E-state index contributed by atoms with van der Waals surface area (Å²) in [5.41, 5.74) is 0. The van der Waals surface area contributed by atoms with Gasteiger partial charge in [-0.1, -0.05) is 6.92 Å². The number of hydrogen-bond donors (Lipinski definition) is 0. The Balaban J connectivity index is 4.25. The first-order valence-corrected chi connectivity index (χ1v) is 3.55. The fourth-order valence-electron chi connectivity index (χ4n) is 0.702. The van der Waals surface area contributed by atoms with Gasteiger partial charge in [0.1, 0.15) is 0 Å². The quantitative estimate of drug-likeness (QED) is 0.607. The van der Waals surface area contributed by atoms with E-state index in [4.69, 9.17) is 0 Å². The predicted octanol–water partition coefficient (Wildman–Crippen LogP) is 3.18. The Kier molecular flexibility index (Phi) is 4.56. The maximum absolute atomic E-state index is 12.4. The Morgan fingerprint density at radius 3 is 1.77 bits per heavy atom. The van der Waals surface area contributed by atoms with Crippen molar-refractivity contribution in [3.8, 4) is 0 Å². The Morgan fingerprint density at radius 1 is 1.00 bits per heavy atom. The third-order valence-electron chi connectivity index (χ3n) is 1.47. The van der Waals surface area contributed by atoms with E-state index in [1.165, 1.54) is 0 Å². The second-order valence-electron chi connectivity index (χ2n) is 2.53. The number of rotatable bonds is 5. The summed E-state index contributed by atoms with van der Waals surface area (Å²) >= 11 is 0. The van der Waals surface area contributed by atoms with Crippen LogP contribution in [0.2, 0.25) is 0 Å². The summed E-state index contributed by atoms with van der Waals surface area (Å²) in [7, 11) is 0. The van der Waals surface area contributed by atoms with Crippen molar-refractivity contribution in [3.63, 3.8) is 0 Å². The van der Waals surface area contributed by atoms with Gasteiger partial charge in [0.25, 0.3) is 0 Å². The fraction of sp³-hybridized carbons (Fsp3) is 0.857. The van der Waals surface area contributed by atoms with Crippen molar-refractivity contribution >= 4 is 0 Å². The highest BCUT2D eigenvalue weighted by Crippen LogP contribution is 2.32. The van der Waals surface area contributed by atoms with Crippen molar-refractivity contribution in [2.45, 2.75) is 37.5 Å². The van der Waals surface area contributed by atoms with Gasteiger partial charge in [-0.05, 0) is 6.42 Å². The molecule has 0 aliphatic carbocycles. The van der Waals surface area contributed by atoms with Crippen molar-refractivity contribution in [2.24, 2.45) is 0 Å². The van der Waals surface area contributed by atoms with E-state index in [1.807, 2.05) is 0 Å². The predicted molar refractivity (Wildman–Crippen MR) is 35.3 cm³/mol. The fourth-order valence-corrected chi connectivity index (χ4v) is 0.702. The number of halogens is 6. The average Bonchev–Trinajstić information content (AvgIpc) is 2.01. The van der Waals surface area contributed by atoms with Crippen molar-refractivity contribution < 1.29 is 26.3 Å². The van der Waals surface area contributed by atoms with Gasteiger partial charge in [-0.15, -0.1) is 0 Å². The minimum Gasteiger partial charge on any atom is -0.241 e. The van der Waals surface area contributed by atoms with Crippen LogP contribution >= 0.6 is 0 Å². The summed E-state index contributed by atoms with van der Waals surface area (Å²) in [6.45, 7) is 2.80. The van der Waals surface area contributed by atoms with E-state index in [9.17, 15) is 26.3 Å². The van der Waals surface area contributed by atoms with Gasteiger partial charge in [0.05, 0.1) is 0 Å². The van der Waals surface area contributed by atoms with E-state index in [2.05, 4.69) is 6.92 Å². The molecular weight excluding hydrogens is 198 g/mol. The van der Waals surface area contributed by atoms with Gasteiger partial charge in [0.15, 0.2) is 12.3 Å². The first-order chi connectivity index (χ1) is 5.82. The van der Waals surface area contributed by atoms with Crippen LogP contribution in [0.3, 0.4) is 0 Å². The van der Waals surface area contributed by atoms with Crippen LogP contribution in [-0.2, 0) is 0 Å². The van der Waals surface area contributed by atoms with Gasteiger partial charge < -0.3 is 0 Å². The Morgan fingerprint density at radius 2 is 1.46 bits per heavy atom. The molecule has 1 radical (unpaired) electrons. The van der Waals surface area contributed by atoms with Gasteiger partial charge in [0, 0.05) is 6.42 Å². The molecule has 0 nitrogen and oxygen atoms in total. The molecule has 6 heteroatoms. The van der Waals surface area contributed by atoms with Crippen molar-refractivity contribution in [1.29, 1.82) is 0 Å². The van der Waals surface area contributed by atoms with Gasteiger partial charge in [-0.25, -0.2) is 26.3 Å². The zero-order chi connectivity index (χ0) is 10.6. The van der Waals surface area contributed by atoms with Crippen LogP contribution in [0.4, 0.5) is 26.3 Å². The minimum atomic E-state index is -4.38. The average molecular weight is 207 g/mol. The lowest BCUT2D eigenvalue weighted by atomic mass is 10.0. The molecule has 0 bridgehead atoms. The molecule has 0 N–H and O–H groups in total. The second-order valence-corrected chi connectivity index (χ2v) is 2.53. The monoisotopic (exact) mass is 207 g/mol. The summed E-state index contributed by atoms with van der Waals surface area (Å²) in [4.78, 5) is 0. The molecule has 0 aliphatic rings. The van der Waals surface area contributed by atoms with Crippen LogP contribution in [-0.4, -0.2) is 24.7 Å². The van der Waals surface area contributed by atoms with Crippen molar-refractivity contribution in [3.05, 3.63) is 6.92 Å². The standard InChI is InChI=1S/C7H9F6/c1-2-4(8)7(12,13)5(9)3-6(10)11/h4-6H,1-3H2/t4?,5-/m0/s1. The van der Waals surface area contributed by atoms with Crippen LogP contribution in [0.5, 0.6) is 0 Å². The molecule has 0 rings (SSSR count). The molecule has 0 saturated heterocycles. The minimum absolute atomic E-state index is 0.851. The van der Waals surface area contributed by atoms with Crippen LogP contribution in [0, 0.1) is 6.92 Å². The summed E-state index contributed by atoms with van der Waals surface area (Å²) in [5.74, 6) is -4.38. The molecule has 79 valence electrons. The SMILES string of the molecule is [CH2]CC(F)C(F)(F)[C@@H](F)CC(F)F. The van der Waals surface area contributed by atoms with Crippen molar-refractivity contribution in [1.82, 2.24) is 0 Å². The van der Waals surface area contributed by atoms with E-state index in [0.29, 0.717) is 0 Å². The maximum Gasteiger partial charge on any atom is 0.309 e. The topological polar surface area (TPSA) is 0 Å². The van der Waals surface area contributed by atoms with E-state index in [0.717, 1.165) is 0 Å². The van der Waals surface area contributed by atoms with Crippen LogP contribution in [0.25, 0.3) is 0 Å². The summed E-state index contributed by atoms with van der Waals surface area (Å²) in [6, 6.07) is 0. The van der Waals surface area contributed by atoms with Gasteiger partial charge in [0.2, 0.25) is 6.43 Å². The highest BCUT2D eigenvalue weighted by molar-refractivity contribution is 4.85. The molecule has 0 spiro atoms. The molecule has 0 aromatic carbocycles. The van der Waals surface area contributed by atoms with Crippen LogP contribution < -0.4 is 0 Å². The molecule has 0 heterocycles. The van der Waals surface area contributed by atoms with E-state index in [1.54, 1.807) is 0 Å². The summed E-state index contributed by atoms with van der Waals surface area (Å²) in [5, 5.41) is 0. The van der Waals surface area contributed by atoms with Crippen LogP contribution in [0.1, 0.15) is 12.8 Å². The Labute approximate surface area is 71.9 Å². The Hall–Kier alpha value is -0.420. The molecule has 0 aliphatic heterocycles. The normalized spacial score (nSPS) is 17.5. The lowest BCUT2D eigenvalue weighted by Gasteiger charge is -2.22. The smallest absolute Gasteiger partial charge is 0.241 e. The first kappa shape index (κ1) is 12.6. The summed E-state index contributed by atoms with van der Waals surface area (Å²) < 4.78 is 72.5. The molecule has 0 saturated carbocycles. The van der Waals surface area contributed by atoms with Gasteiger partial charge >= 0.3 is 5.92 Å². The number of hydrogen-bond acceptors (Lipinski definition) is 0. The van der Waals surface area contributed by atoms with E-state index >= 15 is 0 Å².